The molecule has 1 amide bonds. The van der Waals surface area contributed by atoms with E-state index in [1.54, 1.807) is 6.92 Å². The number of hydrogen-bond donors (Lipinski definition) is 2. The first-order chi connectivity index (χ1) is 8.28. The molecule has 0 radical (unpaired) electrons. The van der Waals surface area contributed by atoms with E-state index in [9.17, 15) is 4.79 Å². The highest BCUT2D eigenvalue weighted by Crippen LogP contribution is 2.13. The zero-order valence-corrected chi connectivity index (χ0v) is 11.5. The van der Waals surface area contributed by atoms with E-state index in [4.69, 9.17) is 10.5 Å². The molecule has 1 atom stereocenters. The van der Waals surface area contributed by atoms with E-state index >= 15 is 0 Å². The molecule has 0 fully saturated rings. The van der Waals surface area contributed by atoms with Crippen LogP contribution in [0.3, 0.4) is 0 Å². The first kappa shape index (κ1) is 14.5. The normalized spacial score (nSPS) is 12.9. The molecule has 3 N–H and O–H groups in total. The van der Waals surface area contributed by atoms with Crippen molar-refractivity contribution in [2.45, 2.75) is 39.3 Å². The quantitative estimate of drug-likeness (QED) is 0.834. The van der Waals surface area contributed by atoms with Gasteiger partial charge >= 0.3 is 0 Å². The summed E-state index contributed by atoms with van der Waals surface area (Å²) in [5, 5.41) is 2.77. The monoisotopic (exact) mass is 250 g/mol. The number of nitrogens with one attached hydrogen (secondary N) is 1. The lowest BCUT2D eigenvalue weighted by Gasteiger charge is -2.21. The molecule has 4 nitrogen and oxygen atoms in total. The van der Waals surface area contributed by atoms with Gasteiger partial charge < -0.3 is 15.8 Å². The summed E-state index contributed by atoms with van der Waals surface area (Å²) in [6.45, 7) is 7.87. The van der Waals surface area contributed by atoms with Crippen molar-refractivity contribution in [2.75, 3.05) is 6.54 Å². The van der Waals surface area contributed by atoms with E-state index in [1.807, 2.05) is 45.0 Å². The molecule has 4 heteroatoms. The first-order valence-corrected chi connectivity index (χ1v) is 6.08. The van der Waals surface area contributed by atoms with Crippen LogP contribution in [-0.2, 0) is 4.79 Å². The van der Waals surface area contributed by atoms with Gasteiger partial charge in [0, 0.05) is 12.1 Å². The number of amides is 1. The Morgan fingerprint density at radius 2 is 1.94 bits per heavy atom. The van der Waals surface area contributed by atoms with E-state index in [0.717, 1.165) is 5.56 Å². The third kappa shape index (κ3) is 5.19. The number of aryl methyl sites for hydroxylation is 1. The van der Waals surface area contributed by atoms with Crippen LogP contribution in [0.5, 0.6) is 5.75 Å². The maximum Gasteiger partial charge on any atom is 0.260 e. The molecule has 1 aromatic rings. The molecule has 0 saturated heterocycles. The van der Waals surface area contributed by atoms with Crippen molar-refractivity contribution >= 4 is 5.91 Å². The zero-order chi connectivity index (χ0) is 13.8. The van der Waals surface area contributed by atoms with Gasteiger partial charge in [-0.25, -0.2) is 0 Å². The fourth-order valence-electron chi connectivity index (χ4n) is 1.33. The topological polar surface area (TPSA) is 64.3 Å². The molecule has 0 aliphatic rings. The molecule has 0 aliphatic carbocycles. The molecule has 0 saturated carbocycles. The molecular formula is C14H22N2O2. The van der Waals surface area contributed by atoms with E-state index < -0.39 is 11.6 Å². The third-order valence-electron chi connectivity index (χ3n) is 2.42. The average Bonchev–Trinajstić information content (AvgIpc) is 2.28. The summed E-state index contributed by atoms with van der Waals surface area (Å²) in [5.74, 6) is 0.532. The lowest BCUT2D eigenvalue weighted by Crippen LogP contribution is -2.48. The number of rotatable bonds is 5. The molecule has 0 bridgehead atoms. The number of benzene rings is 1. The van der Waals surface area contributed by atoms with Crippen LogP contribution in [0.15, 0.2) is 24.3 Å². The second kappa shape index (κ2) is 5.87. The van der Waals surface area contributed by atoms with Gasteiger partial charge in [-0.15, -0.1) is 0 Å². The predicted molar refractivity (Wildman–Crippen MR) is 72.5 cm³/mol. The summed E-state index contributed by atoms with van der Waals surface area (Å²) < 4.78 is 5.54. The summed E-state index contributed by atoms with van der Waals surface area (Å²) in [6, 6.07) is 7.60. The van der Waals surface area contributed by atoms with Gasteiger partial charge in [0.25, 0.3) is 5.91 Å². The third-order valence-corrected chi connectivity index (χ3v) is 2.42. The van der Waals surface area contributed by atoms with Gasteiger partial charge in [-0.05, 0) is 39.8 Å². The van der Waals surface area contributed by atoms with Gasteiger partial charge in [-0.2, -0.15) is 0 Å². The molecule has 0 aliphatic heterocycles. The van der Waals surface area contributed by atoms with Gasteiger partial charge in [-0.1, -0.05) is 17.7 Å². The van der Waals surface area contributed by atoms with E-state index in [1.165, 1.54) is 0 Å². The number of nitrogens with two attached hydrogens (primary N) is 1. The first-order valence-electron chi connectivity index (χ1n) is 6.08. The van der Waals surface area contributed by atoms with Crippen LogP contribution in [0.25, 0.3) is 0 Å². The fourth-order valence-corrected chi connectivity index (χ4v) is 1.33. The molecule has 1 rings (SSSR count). The van der Waals surface area contributed by atoms with E-state index in [2.05, 4.69) is 5.32 Å². The van der Waals surface area contributed by atoms with Crippen molar-refractivity contribution in [3.8, 4) is 5.75 Å². The molecule has 100 valence electrons. The van der Waals surface area contributed by atoms with Gasteiger partial charge in [0.15, 0.2) is 6.10 Å². The molecule has 0 heterocycles. The Morgan fingerprint density at radius 1 is 1.39 bits per heavy atom. The standard InChI is InChI=1S/C14H22N2O2/c1-10-5-7-12(8-6-10)18-11(2)13(17)16-9-14(3,4)15/h5-8,11H,9,15H2,1-4H3,(H,16,17). The minimum atomic E-state index is -0.532. The lowest BCUT2D eigenvalue weighted by atomic mass is 10.1. The lowest BCUT2D eigenvalue weighted by molar-refractivity contribution is -0.127. The molecule has 0 spiro atoms. The Balaban J connectivity index is 2.47. The fraction of sp³-hybridized carbons (Fsp3) is 0.500. The van der Waals surface area contributed by atoms with Crippen molar-refractivity contribution < 1.29 is 9.53 Å². The van der Waals surface area contributed by atoms with Crippen LogP contribution in [-0.4, -0.2) is 24.1 Å². The maximum absolute atomic E-state index is 11.8. The molecule has 1 aromatic carbocycles. The highest BCUT2D eigenvalue weighted by molar-refractivity contribution is 5.80. The minimum Gasteiger partial charge on any atom is -0.481 e. The number of carbonyl (C=O) groups excluding carboxylic acids is 1. The van der Waals surface area contributed by atoms with Crippen molar-refractivity contribution in [2.24, 2.45) is 5.73 Å². The summed E-state index contributed by atoms with van der Waals surface area (Å²) in [4.78, 5) is 11.8. The smallest absolute Gasteiger partial charge is 0.260 e. The van der Waals surface area contributed by atoms with Crippen LogP contribution in [0, 0.1) is 6.92 Å². The van der Waals surface area contributed by atoms with Crippen LogP contribution in [0.4, 0.5) is 0 Å². The maximum atomic E-state index is 11.8. The van der Waals surface area contributed by atoms with Crippen LogP contribution >= 0.6 is 0 Å². The minimum absolute atomic E-state index is 0.158. The van der Waals surface area contributed by atoms with Gasteiger partial charge in [0.2, 0.25) is 0 Å². The molecule has 1 unspecified atom stereocenters. The van der Waals surface area contributed by atoms with Crippen molar-refractivity contribution in [3.63, 3.8) is 0 Å². The van der Waals surface area contributed by atoms with E-state index in [-0.39, 0.29) is 5.91 Å². The summed E-state index contributed by atoms with van der Waals surface area (Å²) >= 11 is 0. The predicted octanol–water partition coefficient (Wildman–Crippen LogP) is 1.62. The summed E-state index contributed by atoms with van der Waals surface area (Å²) in [6.07, 6.45) is -0.532. The van der Waals surface area contributed by atoms with Crippen molar-refractivity contribution in [3.05, 3.63) is 29.8 Å². The van der Waals surface area contributed by atoms with Gasteiger partial charge in [0.1, 0.15) is 5.75 Å². The Bertz CT molecular complexity index is 393. The Hall–Kier alpha value is -1.55. The molecule has 18 heavy (non-hydrogen) atoms. The van der Waals surface area contributed by atoms with E-state index in [0.29, 0.717) is 12.3 Å². The van der Waals surface area contributed by atoms with Crippen molar-refractivity contribution in [1.29, 1.82) is 0 Å². The largest absolute Gasteiger partial charge is 0.481 e. The average molecular weight is 250 g/mol. The summed E-state index contributed by atoms with van der Waals surface area (Å²) in [5.41, 5.74) is 6.54. The Morgan fingerprint density at radius 3 is 2.44 bits per heavy atom. The second-order valence-corrected chi connectivity index (χ2v) is 5.28. The highest BCUT2D eigenvalue weighted by Gasteiger charge is 2.17. The second-order valence-electron chi connectivity index (χ2n) is 5.28. The summed E-state index contributed by atoms with van der Waals surface area (Å²) in [7, 11) is 0. The van der Waals surface area contributed by atoms with Crippen LogP contribution in [0.2, 0.25) is 0 Å². The number of ether oxygens (including phenoxy) is 1. The molecule has 0 aromatic heterocycles. The Kier molecular flexibility index (Phi) is 4.73. The van der Waals surface area contributed by atoms with Gasteiger partial charge in [0.05, 0.1) is 0 Å². The van der Waals surface area contributed by atoms with Crippen molar-refractivity contribution in [1.82, 2.24) is 5.32 Å². The van der Waals surface area contributed by atoms with Gasteiger partial charge in [-0.3, -0.25) is 4.79 Å². The zero-order valence-electron chi connectivity index (χ0n) is 11.5. The number of carbonyl (C=O) groups is 1. The molecular weight excluding hydrogens is 228 g/mol. The SMILES string of the molecule is Cc1ccc(OC(C)C(=O)NCC(C)(C)N)cc1. The van der Waals surface area contributed by atoms with Crippen LogP contribution < -0.4 is 15.8 Å². The highest BCUT2D eigenvalue weighted by atomic mass is 16.5. The number of hydrogen-bond acceptors (Lipinski definition) is 3. The Labute approximate surface area is 109 Å². The van der Waals surface area contributed by atoms with Crippen LogP contribution in [0.1, 0.15) is 26.3 Å².